The second-order valence-electron chi connectivity index (χ2n) is 5.75. The minimum Gasteiger partial charge on any atom is -0.328 e. The molecule has 19 heavy (non-hydrogen) atoms. The smallest absolute Gasteiger partial charge is 0.0923 e. The summed E-state index contributed by atoms with van der Waals surface area (Å²) >= 11 is 0. The van der Waals surface area contributed by atoms with E-state index in [9.17, 15) is 0 Å². The van der Waals surface area contributed by atoms with Gasteiger partial charge in [-0.1, -0.05) is 38.1 Å². The van der Waals surface area contributed by atoms with Crippen LogP contribution in [0.1, 0.15) is 32.0 Å². The van der Waals surface area contributed by atoms with Gasteiger partial charge < -0.3 is 5.73 Å². The van der Waals surface area contributed by atoms with E-state index in [2.05, 4.69) is 54.4 Å². The zero-order valence-electron chi connectivity index (χ0n) is 12.0. The quantitative estimate of drug-likeness (QED) is 0.864. The van der Waals surface area contributed by atoms with Crippen molar-refractivity contribution in [3.8, 4) is 11.3 Å². The lowest BCUT2D eigenvalue weighted by molar-refractivity contribution is 0.647. The monoisotopic (exact) mass is 257 g/mol. The molecule has 1 unspecified atom stereocenters. The van der Waals surface area contributed by atoms with E-state index in [4.69, 9.17) is 5.73 Å². The molecule has 0 saturated carbocycles. The van der Waals surface area contributed by atoms with Gasteiger partial charge in [-0.05, 0) is 30.9 Å². The van der Waals surface area contributed by atoms with E-state index < -0.39 is 0 Å². The van der Waals surface area contributed by atoms with Crippen LogP contribution in [0.2, 0.25) is 0 Å². The van der Waals surface area contributed by atoms with Crippen molar-refractivity contribution in [1.82, 2.24) is 10.2 Å². The number of nitrogens with two attached hydrogens (primary N) is 1. The fraction of sp³-hybridized carbons (Fsp3) is 0.438. The summed E-state index contributed by atoms with van der Waals surface area (Å²) in [5, 5.41) is 7.40. The van der Waals surface area contributed by atoms with Crippen molar-refractivity contribution in [3.63, 3.8) is 0 Å². The van der Waals surface area contributed by atoms with Crippen molar-refractivity contribution in [2.24, 2.45) is 11.7 Å². The molecule has 3 nitrogen and oxygen atoms in total. The molecule has 0 saturated heterocycles. The van der Waals surface area contributed by atoms with E-state index in [1.807, 2.05) is 6.92 Å². The van der Waals surface area contributed by atoms with Crippen LogP contribution in [-0.2, 0) is 12.8 Å². The van der Waals surface area contributed by atoms with Gasteiger partial charge in [0, 0.05) is 23.7 Å². The van der Waals surface area contributed by atoms with E-state index in [0.717, 1.165) is 29.8 Å². The highest BCUT2D eigenvalue weighted by Gasteiger charge is 2.06. The lowest BCUT2D eigenvalue weighted by Gasteiger charge is -2.05. The zero-order chi connectivity index (χ0) is 13.8. The zero-order valence-corrected chi connectivity index (χ0v) is 12.0. The molecule has 1 atom stereocenters. The molecule has 0 spiro atoms. The second kappa shape index (κ2) is 6.02. The van der Waals surface area contributed by atoms with Gasteiger partial charge >= 0.3 is 0 Å². The first-order valence-corrected chi connectivity index (χ1v) is 6.93. The average Bonchev–Trinajstić information content (AvgIpc) is 2.76. The molecule has 0 amide bonds. The number of rotatable bonds is 5. The highest BCUT2D eigenvalue weighted by Crippen LogP contribution is 2.19. The fourth-order valence-corrected chi connectivity index (χ4v) is 2.24. The van der Waals surface area contributed by atoms with Gasteiger partial charge in [-0.2, -0.15) is 5.10 Å². The maximum atomic E-state index is 5.79. The number of aromatic nitrogens is 2. The highest BCUT2D eigenvalue weighted by molar-refractivity contribution is 5.59. The van der Waals surface area contributed by atoms with Crippen LogP contribution in [0.15, 0.2) is 30.3 Å². The van der Waals surface area contributed by atoms with Gasteiger partial charge in [-0.3, -0.25) is 5.10 Å². The first kappa shape index (κ1) is 13.8. The van der Waals surface area contributed by atoms with Gasteiger partial charge in [0.1, 0.15) is 0 Å². The van der Waals surface area contributed by atoms with Gasteiger partial charge in [-0.25, -0.2) is 0 Å². The number of aromatic amines is 1. The maximum absolute atomic E-state index is 5.79. The Labute approximate surface area is 115 Å². The Balaban J connectivity index is 2.11. The van der Waals surface area contributed by atoms with Crippen molar-refractivity contribution < 1.29 is 0 Å². The topological polar surface area (TPSA) is 54.7 Å². The van der Waals surface area contributed by atoms with Gasteiger partial charge in [0.2, 0.25) is 0 Å². The van der Waals surface area contributed by atoms with Crippen molar-refractivity contribution in [2.45, 2.75) is 39.7 Å². The summed E-state index contributed by atoms with van der Waals surface area (Å²) in [5.74, 6) is 0.689. The molecule has 3 heteroatoms. The van der Waals surface area contributed by atoms with Crippen LogP contribution in [0, 0.1) is 5.92 Å². The van der Waals surface area contributed by atoms with Gasteiger partial charge in [0.15, 0.2) is 0 Å². The standard InChI is InChI=1S/C16H23N3/c1-11(2)8-13-4-6-14(7-5-13)16-10-15(18-19-16)9-12(3)17/h4-7,10-12H,8-9,17H2,1-3H3,(H,18,19). The summed E-state index contributed by atoms with van der Waals surface area (Å²) in [4.78, 5) is 0. The molecule has 1 heterocycles. The van der Waals surface area contributed by atoms with Crippen LogP contribution in [0.3, 0.4) is 0 Å². The lowest BCUT2D eigenvalue weighted by Crippen LogP contribution is -2.17. The van der Waals surface area contributed by atoms with Crippen LogP contribution in [0.5, 0.6) is 0 Å². The van der Waals surface area contributed by atoms with E-state index in [1.54, 1.807) is 0 Å². The summed E-state index contributed by atoms with van der Waals surface area (Å²) in [5.41, 5.74) is 10.4. The Kier molecular flexibility index (Phi) is 4.38. The third-order valence-corrected chi connectivity index (χ3v) is 3.07. The van der Waals surface area contributed by atoms with Crippen LogP contribution in [-0.4, -0.2) is 16.2 Å². The van der Waals surface area contributed by atoms with Crippen molar-refractivity contribution in [2.75, 3.05) is 0 Å². The van der Waals surface area contributed by atoms with Crippen LogP contribution in [0.25, 0.3) is 11.3 Å². The molecule has 0 aliphatic carbocycles. The maximum Gasteiger partial charge on any atom is 0.0923 e. The molecule has 0 fully saturated rings. The lowest BCUT2D eigenvalue weighted by atomic mass is 10.0. The van der Waals surface area contributed by atoms with Crippen molar-refractivity contribution >= 4 is 0 Å². The molecule has 3 N–H and O–H groups in total. The summed E-state index contributed by atoms with van der Waals surface area (Å²) in [6.45, 7) is 6.48. The minimum absolute atomic E-state index is 0.154. The van der Waals surface area contributed by atoms with Crippen LogP contribution < -0.4 is 5.73 Å². The Morgan fingerprint density at radius 3 is 2.37 bits per heavy atom. The number of nitrogens with zero attached hydrogens (tertiary/aromatic N) is 1. The Hall–Kier alpha value is -1.61. The third kappa shape index (κ3) is 3.93. The average molecular weight is 257 g/mol. The van der Waals surface area contributed by atoms with Crippen molar-refractivity contribution in [1.29, 1.82) is 0 Å². The molecule has 1 aromatic heterocycles. The predicted molar refractivity (Wildman–Crippen MR) is 79.9 cm³/mol. The molecule has 0 radical (unpaired) electrons. The fourth-order valence-electron chi connectivity index (χ4n) is 2.24. The summed E-state index contributed by atoms with van der Waals surface area (Å²) in [6.07, 6.45) is 1.95. The third-order valence-electron chi connectivity index (χ3n) is 3.07. The van der Waals surface area contributed by atoms with Crippen LogP contribution in [0.4, 0.5) is 0 Å². The molecular formula is C16H23N3. The molecule has 0 bridgehead atoms. The minimum atomic E-state index is 0.154. The molecule has 0 aliphatic rings. The summed E-state index contributed by atoms with van der Waals surface area (Å²) in [7, 11) is 0. The predicted octanol–water partition coefficient (Wildman–Crippen LogP) is 3.16. The van der Waals surface area contributed by atoms with Gasteiger partial charge in [0.25, 0.3) is 0 Å². The first-order valence-electron chi connectivity index (χ1n) is 6.93. The summed E-state index contributed by atoms with van der Waals surface area (Å²) < 4.78 is 0. The second-order valence-corrected chi connectivity index (χ2v) is 5.75. The molecule has 1 aromatic carbocycles. The normalized spacial score (nSPS) is 12.9. The number of hydrogen-bond acceptors (Lipinski definition) is 2. The number of H-pyrrole nitrogens is 1. The number of benzene rings is 1. The summed E-state index contributed by atoms with van der Waals surface area (Å²) in [6, 6.07) is 10.9. The van der Waals surface area contributed by atoms with Crippen LogP contribution >= 0.6 is 0 Å². The molecular weight excluding hydrogens is 234 g/mol. The van der Waals surface area contributed by atoms with E-state index in [0.29, 0.717) is 5.92 Å². The molecule has 0 aliphatic heterocycles. The van der Waals surface area contributed by atoms with Gasteiger partial charge in [-0.15, -0.1) is 0 Å². The largest absolute Gasteiger partial charge is 0.328 e. The van der Waals surface area contributed by atoms with E-state index in [1.165, 1.54) is 5.56 Å². The van der Waals surface area contributed by atoms with E-state index in [-0.39, 0.29) is 6.04 Å². The Morgan fingerprint density at radius 1 is 1.11 bits per heavy atom. The Morgan fingerprint density at radius 2 is 1.79 bits per heavy atom. The van der Waals surface area contributed by atoms with E-state index >= 15 is 0 Å². The Bertz CT molecular complexity index is 509. The first-order chi connectivity index (χ1) is 9.04. The number of hydrogen-bond donors (Lipinski definition) is 2. The molecule has 2 aromatic rings. The SMILES string of the molecule is CC(C)Cc1ccc(-c2cc(CC(C)N)[nH]n2)cc1. The van der Waals surface area contributed by atoms with Crippen molar-refractivity contribution in [3.05, 3.63) is 41.6 Å². The van der Waals surface area contributed by atoms with Gasteiger partial charge in [0.05, 0.1) is 5.69 Å². The molecule has 2 rings (SSSR count). The highest BCUT2D eigenvalue weighted by atomic mass is 15.1. The molecule has 102 valence electrons. The number of nitrogens with one attached hydrogen (secondary N) is 1.